The number of nitrogen functional groups attached to an aromatic ring is 1. The van der Waals surface area contributed by atoms with Crippen LogP contribution in [0.25, 0.3) is 10.9 Å². The molecule has 0 spiro atoms. The van der Waals surface area contributed by atoms with Crippen LogP contribution in [0.5, 0.6) is 0 Å². The van der Waals surface area contributed by atoms with Crippen molar-refractivity contribution in [3.8, 4) is 0 Å². The number of quaternary nitrogens is 1. The van der Waals surface area contributed by atoms with Crippen LogP contribution in [-0.2, 0) is 4.79 Å². The van der Waals surface area contributed by atoms with Gasteiger partial charge in [0.05, 0.1) is 41.4 Å². The van der Waals surface area contributed by atoms with Gasteiger partial charge in [0, 0.05) is 62.6 Å². The molecule has 3 atom stereocenters. The number of nitrogens with one attached hydrogen (secondary N) is 1. The van der Waals surface area contributed by atoms with E-state index >= 15 is 0 Å². The number of aromatic nitrogens is 2. The summed E-state index contributed by atoms with van der Waals surface area (Å²) in [5, 5.41) is 5.84. The summed E-state index contributed by atoms with van der Waals surface area (Å²) in [4.78, 5) is 40.5. The van der Waals surface area contributed by atoms with Gasteiger partial charge in [0.2, 0.25) is 5.91 Å². The van der Waals surface area contributed by atoms with E-state index in [0.717, 1.165) is 29.9 Å². The SMILES string of the molecule is CC1CN(c2ccncc2NC(=O)c2nc3cc(N4CCN(C)C(=O)C4)ccc3cc2N)CC(N)C1[NH2+]C=CN. The number of fused-ring (bicyclic) bond motifs is 1. The first-order valence-electron chi connectivity index (χ1n) is 13.4. The number of nitrogens with zero attached hydrogens (tertiary/aromatic N) is 5. The monoisotopic (exact) mass is 545 g/mol. The lowest BCUT2D eigenvalue weighted by molar-refractivity contribution is -0.637. The van der Waals surface area contributed by atoms with Gasteiger partial charge >= 0.3 is 0 Å². The van der Waals surface area contributed by atoms with Crippen molar-refractivity contribution < 1.29 is 14.9 Å². The van der Waals surface area contributed by atoms with Crippen LogP contribution in [0.15, 0.2) is 55.1 Å². The van der Waals surface area contributed by atoms with Gasteiger partial charge in [-0.15, -0.1) is 0 Å². The molecule has 2 fully saturated rings. The van der Waals surface area contributed by atoms with Gasteiger partial charge in [-0.1, -0.05) is 13.0 Å². The highest BCUT2D eigenvalue weighted by atomic mass is 16.2. The van der Waals surface area contributed by atoms with Crippen molar-refractivity contribution in [2.75, 3.05) is 60.6 Å². The molecule has 2 aromatic heterocycles. The van der Waals surface area contributed by atoms with Crippen molar-refractivity contribution in [1.29, 1.82) is 0 Å². The molecule has 210 valence electrons. The number of amides is 2. The van der Waals surface area contributed by atoms with Gasteiger partial charge in [0.15, 0.2) is 5.69 Å². The summed E-state index contributed by atoms with van der Waals surface area (Å²) in [6.07, 6.45) is 6.68. The largest absolute Gasteiger partial charge is 0.400 e. The second-order valence-electron chi connectivity index (χ2n) is 10.6. The standard InChI is InChI=1S/C28H36N10O2/c1-17-14-38(15-21(31)26(17)33-8-6-29)24-5-7-32-13-23(24)35-28(40)27-20(30)11-18-3-4-19(12-22(18)34-27)37-10-9-36(2)25(39)16-37/h3-8,11-13,17,21,26,33H,9-10,14-16,29-31H2,1-2H3,(H,35,40)/p+1. The second-order valence-corrected chi connectivity index (χ2v) is 10.6. The highest BCUT2D eigenvalue weighted by molar-refractivity contribution is 6.09. The lowest BCUT2D eigenvalue weighted by Gasteiger charge is -2.40. The first-order valence-corrected chi connectivity index (χ1v) is 13.4. The zero-order chi connectivity index (χ0) is 28.4. The Balaban J connectivity index is 1.37. The summed E-state index contributed by atoms with van der Waals surface area (Å²) in [5.74, 6) is -0.0872. The number of rotatable bonds is 6. The predicted octanol–water partition coefficient (Wildman–Crippen LogP) is -0.112. The number of carbonyl (C=O) groups is 2. The Labute approximate surface area is 233 Å². The van der Waals surface area contributed by atoms with Crippen molar-refractivity contribution in [2.24, 2.45) is 17.4 Å². The molecule has 9 N–H and O–H groups in total. The number of piperidine rings is 1. The van der Waals surface area contributed by atoms with E-state index in [2.05, 4.69) is 32.4 Å². The number of nitrogens with two attached hydrogens (primary N) is 4. The molecule has 3 aromatic rings. The van der Waals surface area contributed by atoms with Gasteiger partial charge in [-0.3, -0.25) is 14.6 Å². The molecule has 2 aliphatic heterocycles. The van der Waals surface area contributed by atoms with Crippen LogP contribution < -0.4 is 37.6 Å². The number of benzene rings is 1. The summed E-state index contributed by atoms with van der Waals surface area (Å²) in [6, 6.07) is 9.47. The van der Waals surface area contributed by atoms with Crippen LogP contribution in [-0.4, -0.2) is 78.5 Å². The molecule has 1 aromatic carbocycles. The summed E-state index contributed by atoms with van der Waals surface area (Å²) >= 11 is 0. The Morgan fingerprint density at radius 3 is 2.75 bits per heavy atom. The maximum atomic E-state index is 13.5. The summed E-state index contributed by atoms with van der Waals surface area (Å²) in [5.41, 5.74) is 21.6. The van der Waals surface area contributed by atoms with E-state index in [0.29, 0.717) is 30.8 Å². The Bertz CT molecular complexity index is 1430. The smallest absolute Gasteiger partial charge is 0.276 e. The van der Waals surface area contributed by atoms with Crippen molar-refractivity contribution >= 4 is 45.5 Å². The first kappa shape index (κ1) is 27.2. The van der Waals surface area contributed by atoms with E-state index in [9.17, 15) is 9.59 Å². The highest BCUT2D eigenvalue weighted by Gasteiger charge is 2.35. The van der Waals surface area contributed by atoms with Gasteiger partial charge in [0.1, 0.15) is 12.2 Å². The molecule has 12 heteroatoms. The fourth-order valence-corrected chi connectivity index (χ4v) is 5.53. The minimum absolute atomic E-state index is 0.0639. The van der Waals surface area contributed by atoms with Crippen LogP contribution in [0.2, 0.25) is 0 Å². The van der Waals surface area contributed by atoms with Crippen molar-refractivity contribution in [3.05, 3.63) is 60.8 Å². The second kappa shape index (κ2) is 11.4. The fraction of sp³-hybridized carbons (Fsp3) is 0.357. The molecular formula is C28H37N10O2+. The molecule has 0 bridgehead atoms. The normalized spacial score (nSPS) is 21.8. The minimum Gasteiger partial charge on any atom is -0.400 e. The van der Waals surface area contributed by atoms with Crippen molar-refractivity contribution in [1.82, 2.24) is 14.9 Å². The van der Waals surface area contributed by atoms with E-state index < -0.39 is 5.91 Å². The maximum Gasteiger partial charge on any atom is 0.276 e. The van der Waals surface area contributed by atoms with E-state index in [4.69, 9.17) is 17.2 Å². The molecule has 4 heterocycles. The van der Waals surface area contributed by atoms with Crippen LogP contribution in [0.4, 0.5) is 22.7 Å². The zero-order valence-corrected chi connectivity index (χ0v) is 22.8. The Kier molecular flexibility index (Phi) is 7.71. The fourth-order valence-electron chi connectivity index (χ4n) is 5.53. The number of carbonyl (C=O) groups excluding carboxylic acids is 2. The van der Waals surface area contributed by atoms with Crippen molar-refractivity contribution in [3.63, 3.8) is 0 Å². The predicted molar refractivity (Wildman–Crippen MR) is 157 cm³/mol. The van der Waals surface area contributed by atoms with Gasteiger partial charge in [-0.05, 0) is 24.3 Å². The average molecular weight is 546 g/mol. The van der Waals surface area contributed by atoms with Crippen LogP contribution in [0, 0.1) is 5.92 Å². The van der Waals surface area contributed by atoms with Gasteiger partial charge in [-0.2, -0.15) is 0 Å². The van der Waals surface area contributed by atoms with Gasteiger partial charge in [0.25, 0.3) is 5.91 Å². The third kappa shape index (κ3) is 5.49. The molecule has 2 saturated heterocycles. The molecule has 0 saturated carbocycles. The number of likely N-dealkylation sites (N-methyl/N-ethyl adjacent to an activating group) is 1. The molecule has 12 nitrogen and oxygen atoms in total. The number of pyridine rings is 2. The topological polar surface area (TPSA) is 176 Å². The molecular weight excluding hydrogens is 508 g/mol. The number of hydrogen-bond donors (Lipinski definition) is 5. The zero-order valence-electron chi connectivity index (χ0n) is 22.8. The molecule has 2 amide bonds. The molecule has 0 aliphatic carbocycles. The van der Waals surface area contributed by atoms with Crippen LogP contribution in [0.3, 0.4) is 0 Å². The Morgan fingerprint density at radius 1 is 1.18 bits per heavy atom. The average Bonchev–Trinajstić information content (AvgIpc) is 2.93. The van der Waals surface area contributed by atoms with E-state index in [1.165, 1.54) is 6.20 Å². The van der Waals surface area contributed by atoms with E-state index in [1.807, 2.05) is 35.4 Å². The molecule has 40 heavy (non-hydrogen) atoms. The quantitative estimate of drug-likeness (QED) is 0.283. The molecule has 2 aliphatic rings. The lowest BCUT2D eigenvalue weighted by atomic mass is 9.90. The molecule has 3 unspecified atom stereocenters. The molecule has 0 radical (unpaired) electrons. The molecule has 5 rings (SSSR count). The minimum atomic E-state index is -0.428. The van der Waals surface area contributed by atoms with Crippen molar-refractivity contribution in [2.45, 2.75) is 19.0 Å². The Hall–Kier alpha value is -4.42. The van der Waals surface area contributed by atoms with Gasteiger partial charge in [-0.25, -0.2) is 4.98 Å². The summed E-state index contributed by atoms with van der Waals surface area (Å²) < 4.78 is 0. The third-order valence-electron chi connectivity index (χ3n) is 7.79. The third-order valence-corrected chi connectivity index (χ3v) is 7.79. The van der Waals surface area contributed by atoms with E-state index in [-0.39, 0.29) is 35.3 Å². The summed E-state index contributed by atoms with van der Waals surface area (Å²) in [6.45, 7) is 5.20. The highest BCUT2D eigenvalue weighted by Crippen LogP contribution is 2.30. The van der Waals surface area contributed by atoms with Crippen LogP contribution >= 0.6 is 0 Å². The first-order chi connectivity index (χ1) is 19.2. The van der Waals surface area contributed by atoms with E-state index in [1.54, 1.807) is 30.4 Å². The summed E-state index contributed by atoms with van der Waals surface area (Å²) in [7, 11) is 1.81. The van der Waals surface area contributed by atoms with Crippen LogP contribution in [0.1, 0.15) is 17.4 Å². The Morgan fingerprint density at radius 2 is 2.00 bits per heavy atom. The maximum absolute atomic E-state index is 13.5. The van der Waals surface area contributed by atoms with Gasteiger partial charge < -0.3 is 42.5 Å². The number of piperazine rings is 1. The lowest BCUT2D eigenvalue weighted by Crippen LogP contribution is -2.92. The number of anilines is 4. The number of hydrogen-bond acceptors (Lipinski definition) is 9.